The maximum atomic E-state index is 6.04. The van der Waals surface area contributed by atoms with E-state index in [1.54, 1.807) is 7.05 Å². The first-order chi connectivity index (χ1) is 15.7. The summed E-state index contributed by atoms with van der Waals surface area (Å²) in [6.45, 7) is 6.57. The van der Waals surface area contributed by atoms with Crippen molar-refractivity contribution in [3.8, 4) is 0 Å². The number of guanidine groups is 1. The van der Waals surface area contributed by atoms with Gasteiger partial charge in [0.25, 0.3) is 0 Å². The van der Waals surface area contributed by atoms with E-state index >= 15 is 0 Å². The van der Waals surface area contributed by atoms with E-state index in [0.717, 1.165) is 45.0 Å². The molecular weight excluding hydrogens is 529 g/mol. The van der Waals surface area contributed by atoms with Crippen LogP contribution in [0.1, 0.15) is 49.0 Å². The van der Waals surface area contributed by atoms with Crippen molar-refractivity contribution < 1.29 is 14.2 Å². The van der Waals surface area contributed by atoms with Crippen molar-refractivity contribution in [3.63, 3.8) is 0 Å². The average molecular weight is 568 g/mol. The molecule has 0 amide bonds. The first kappa shape index (κ1) is 27.6. The van der Waals surface area contributed by atoms with E-state index in [1.807, 2.05) is 18.2 Å². The van der Waals surface area contributed by atoms with E-state index in [0.29, 0.717) is 25.9 Å². The first-order valence-electron chi connectivity index (χ1n) is 11.6. The van der Waals surface area contributed by atoms with Gasteiger partial charge in [-0.15, -0.1) is 24.0 Å². The summed E-state index contributed by atoms with van der Waals surface area (Å²) in [7, 11) is 1.79. The number of ether oxygens (including phenoxy) is 3. The van der Waals surface area contributed by atoms with Crippen LogP contribution in [0.25, 0.3) is 0 Å². The summed E-state index contributed by atoms with van der Waals surface area (Å²) in [5.74, 6) is 0.796. The lowest BCUT2D eigenvalue weighted by Crippen LogP contribution is -2.37. The number of rotatable bonds is 11. The Morgan fingerprint density at radius 1 is 1.06 bits per heavy atom. The second-order valence-electron chi connectivity index (χ2n) is 8.07. The molecule has 1 atom stereocenters. The lowest BCUT2D eigenvalue weighted by Gasteiger charge is -2.22. The molecule has 1 unspecified atom stereocenters. The van der Waals surface area contributed by atoms with E-state index in [-0.39, 0.29) is 30.1 Å². The van der Waals surface area contributed by atoms with Crippen LogP contribution in [0.3, 0.4) is 0 Å². The largest absolute Gasteiger partial charge is 0.381 e. The molecule has 6 nitrogen and oxygen atoms in total. The van der Waals surface area contributed by atoms with Crippen molar-refractivity contribution in [2.45, 2.75) is 51.5 Å². The van der Waals surface area contributed by atoms with Gasteiger partial charge in [0.15, 0.2) is 5.96 Å². The van der Waals surface area contributed by atoms with Crippen LogP contribution in [-0.2, 0) is 27.4 Å². The molecule has 2 N–H and O–H groups in total. The highest BCUT2D eigenvalue weighted by Crippen LogP contribution is 2.16. The lowest BCUT2D eigenvalue weighted by atomic mass is 10.1. The Hall–Kier alpha value is -1.68. The molecule has 0 aromatic heterocycles. The van der Waals surface area contributed by atoms with Gasteiger partial charge in [-0.1, -0.05) is 54.6 Å². The Bertz CT molecular complexity index is 813. The summed E-state index contributed by atoms with van der Waals surface area (Å²) in [6, 6.07) is 18.8. The van der Waals surface area contributed by atoms with Crippen molar-refractivity contribution in [2.75, 3.05) is 33.4 Å². The van der Waals surface area contributed by atoms with Gasteiger partial charge in [-0.05, 0) is 42.9 Å². The third-order valence-electron chi connectivity index (χ3n) is 5.58. The van der Waals surface area contributed by atoms with Gasteiger partial charge < -0.3 is 24.8 Å². The summed E-state index contributed by atoms with van der Waals surface area (Å²) in [5, 5.41) is 6.74. The third kappa shape index (κ3) is 10.4. The maximum Gasteiger partial charge on any atom is 0.191 e. The number of aliphatic imine (C=N–C) groups is 1. The summed E-state index contributed by atoms with van der Waals surface area (Å²) in [5.41, 5.74) is 3.61. The minimum Gasteiger partial charge on any atom is -0.381 e. The van der Waals surface area contributed by atoms with Crippen molar-refractivity contribution in [1.29, 1.82) is 0 Å². The molecule has 0 aliphatic carbocycles. The fraction of sp³-hybridized carbons (Fsp3) is 0.500. The molecule has 0 saturated carbocycles. The molecule has 2 aromatic carbocycles. The van der Waals surface area contributed by atoms with Crippen LogP contribution in [0, 0.1) is 0 Å². The molecule has 0 bridgehead atoms. The molecule has 7 heteroatoms. The second kappa shape index (κ2) is 16.0. The van der Waals surface area contributed by atoms with Crippen LogP contribution in [0.4, 0.5) is 0 Å². The highest BCUT2D eigenvalue weighted by molar-refractivity contribution is 14.0. The summed E-state index contributed by atoms with van der Waals surface area (Å²) in [6.07, 6.45) is 3.31. The smallest absolute Gasteiger partial charge is 0.191 e. The molecule has 1 saturated heterocycles. The summed E-state index contributed by atoms with van der Waals surface area (Å²) in [4.78, 5) is 4.32. The fourth-order valence-electron chi connectivity index (χ4n) is 3.65. The predicted molar refractivity (Wildman–Crippen MR) is 144 cm³/mol. The molecule has 1 aliphatic rings. The highest BCUT2D eigenvalue weighted by Gasteiger charge is 2.14. The molecule has 2 aromatic rings. The van der Waals surface area contributed by atoms with Gasteiger partial charge in [0, 0.05) is 40.0 Å². The third-order valence-corrected chi connectivity index (χ3v) is 5.58. The van der Waals surface area contributed by atoms with Crippen LogP contribution in [-0.4, -0.2) is 45.5 Å². The highest BCUT2D eigenvalue weighted by atomic mass is 127. The van der Waals surface area contributed by atoms with E-state index < -0.39 is 0 Å². The van der Waals surface area contributed by atoms with Crippen molar-refractivity contribution in [1.82, 2.24) is 10.6 Å². The number of hydrogen-bond acceptors (Lipinski definition) is 4. The molecule has 182 valence electrons. The Labute approximate surface area is 215 Å². The van der Waals surface area contributed by atoms with Gasteiger partial charge in [0.1, 0.15) is 0 Å². The Morgan fingerprint density at radius 3 is 2.58 bits per heavy atom. The van der Waals surface area contributed by atoms with E-state index in [9.17, 15) is 0 Å². The first-order valence-corrected chi connectivity index (χ1v) is 11.6. The average Bonchev–Trinajstić information content (AvgIpc) is 2.85. The number of nitrogens with one attached hydrogen (secondary N) is 2. The van der Waals surface area contributed by atoms with Gasteiger partial charge in [-0.25, -0.2) is 0 Å². The van der Waals surface area contributed by atoms with Crippen molar-refractivity contribution >= 4 is 29.9 Å². The normalized spacial score (nSPS) is 15.5. The maximum absolute atomic E-state index is 6.04. The van der Waals surface area contributed by atoms with Gasteiger partial charge in [-0.3, -0.25) is 4.99 Å². The fourth-order valence-corrected chi connectivity index (χ4v) is 3.65. The molecule has 1 aliphatic heterocycles. The topological polar surface area (TPSA) is 64.1 Å². The lowest BCUT2D eigenvalue weighted by molar-refractivity contribution is -0.0390. The van der Waals surface area contributed by atoms with Gasteiger partial charge in [0.05, 0.1) is 18.8 Å². The molecule has 0 spiro atoms. The second-order valence-corrected chi connectivity index (χ2v) is 8.07. The van der Waals surface area contributed by atoms with E-state index in [2.05, 4.69) is 58.9 Å². The van der Waals surface area contributed by atoms with E-state index in [4.69, 9.17) is 14.2 Å². The number of halogens is 1. The van der Waals surface area contributed by atoms with Crippen LogP contribution in [0.5, 0.6) is 0 Å². The quantitative estimate of drug-likeness (QED) is 0.176. The van der Waals surface area contributed by atoms with Crippen LogP contribution in [0.2, 0.25) is 0 Å². The number of nitrogens with zero attached hydrogens (tertiary/aromatic N) is 1. The van der Waals surface area contributed by atoms with Gasteiger partial charge in [-0.2, -0.15) is 0 Å². The van der Waals surface area contributed by atoms with Crippen molar-refractivity contribution in [3.05, 3.63) is 71.3 Å². The van der Waals surface area contributed by atoms with E-state index in [1.165, 1.54) is 16.7 Å². The van der Waals surface area contributed by atoms with Crippen LogP contribution in [0.15, 0.2) is 59.6 Å². The Kier molecular flexibility index (Phi) is 13.4. The zero-order valence-electron chi connectivity index (χ0n) is 19.8. The molecule has 1 heterocycles. The summed E-state index contributed by atoms with van der Waals surface area (Å²) >= 11 is 0. The van der Waals surface area contributed by atoms with Gasteiger partial charge in [0.2, 0.25) is 0 Å². The van der Waals surface area contributed by atoms with Gasteiger partial charge >= 0.3 is 0 Å². The molecule has 1 fully saturated rings. The Morgan fingerprint density at radius 2 is 1.82 bits per heavy atom. The standard InChI is InChI=1S/C26H37N3O3.HI/c1-21(24-10-4-3-5-11-24)31-15-7-14-28-26(27-2)29-19-22-8-6-9-23(18-22)20-32-25-12-16-30-17-13-25;/h3-6,8-11,18,21,25H,7,12-17,19-20H2,1-2H3,(H2,27,28,29);1H. The molecule has 3 rings (SSSR count). The summed E-state index contributed by atoms with van der Waals surface area (Å²) < 4.78 is 17.4. The van der Waals surface area contributed by atoms with Crippen LogP contribution < -0.4 is 10.6 Å². The minimum absolute atomic E-state index is 0. The molecular formula is C26H38IN3O3. The van der Waals surface area contributed by atoms with Crippen LogP contribution >= 0.6 is 24.0 Å². The monoisotopic (exact) mass is 567 g/mol. The number of hydrogen-bond donors (Lipinski definition) is 2. The Balaban J connectivity index is 0.00000385. The van der Waals surface area contributed by atoms with Crippen molar-refractivity contribution in [2.24, 2.45) is 4.99 Å². The number of benzene rings is 2. The zero-order chi connectivity index (χ0) is 22.4. The molecule has 33 heavy (non-hydrogen) atoms. The zero-order valence-corrected chi connectivity index (χ0v) is 22.1. The predicted octanol–water partition coefficient (Wildman–Crippen LogP) is 4.83. The molecule has 0 radical (unpaired) electrons. The minimum atomic E-state index is 0. The SMILES string of the molecule is CN=C(NCCCOC(C)c1ccccc1)NCc1cccc(COC2CCOCC2)c1.I.